The molecule has 1 aliphatic heterocycles. The fraction of sp³-hybridized carbons (Fsp3) is 0.680. The second-order valence-corrected chi connectivity index (χ2v) is 10.1. The van der Waals surface area contributed by atoms with Gasteiger partial charge in [0, 0.05) is 12.1 Å². The van der Waals surface area contributed by atoms with Crippen molar-refractivity contribution in [3.63, 3.8) is 0 Å². The van der Waals surface area contributed by atoms with Crippen molar-refractivity contribution in [1.82, 2.24) is 14.7 Å². The largest absolute Gasteiger partial charge is 0.465 e. The maximum Gasteiger partial charge on any atom is 0.325 e. The Morgan fingerprint density at radius 3 is 2.28 bits per heavy atom. The molecule has 176 valence electrons. The number of carbonyl (C=O) groups excluding carboxylic acids is 2. The van der Waals surface area contributed by atoms with Crippen molar-refractivity contribution in [3.8, 4) is 0 Å². The number of β-amino-alcohol motifs (C(OH)–C–C–N with tert-alkyl or cyclic N) is 1. The molecule has 0 bridgehead atoms. The van der Waals surface area contributed by atoms with Crippen LogP contribution in [0.4, 0.5) is 4.79 Å². The summed E-state index contributed by atoms with van der Waals surface area (Å²) < 4.78 is 5.11. The van der Waals surface area contributed by atoms with Crippen molar-refractivity contribution in [1.29, 1.82) is 0 Å². The molecule has 1 spiro atoms. The van der Waals surface area contributed by atoms with Crippen LogP contribution in [0, 0.1) is 0 Å². The molecular formula is C25H37N3O4. The summed E-state index contributed by atoms with van der Waals surface area (Å²) in [5.74, 6) is -0.372. The van der Waals surface area contributed by atoms with E-state index >= 15 is 0 Å². The van der Waals surface area contributed by atoms with Gasteiger partial charge in [-0.3, -0.25) is 9.69 Å². The summed E-state index contributed by atoms with van der Waals surface area (Å²) in [6.45, 7) is 2.92. The zero-order valence-electron chi connectivity index (χ0n) is 19.7. The summed E-state index contributed by atoms with van der Waals surface area (Å²) >= 11 is 0. The van der Waals surface area contributed by atoms with E-state index in [1.54, 1.807) is 11.8 Å². The molecule has 3 aliphatic rings. The molecule has 2 saturated carbocycles. The Bertz CT molecular complexity index is 829. The summed E-state index contributed by atoms with van der Waals surface area (Å²) in [5, 5.41) is 10.9. The zero-order chi connectivity index (χ0) is 23.0. The predicted octanol–water partition coefficient (Wildman–Crippen LogP) is 2.97. The monoisotopic (exact) mass is 443 g/mol. The third kappa shape index (κ3) is 4.01. The normalized spacial score (nSPS) is 29.5. The Hall–Kier alpha value is -2.12. The molecule has 1 aromatic rings. The lowest BCUT2D eigenvalue weighted by Crippen LogP contribution is -2.59. The molecule has 3 fully saturated rings. The molecule has 1 aromatic carbocycles. The van der Waals surface area contributed by atoms with E-state index in [2.05, 4.69) is 43.3 Å². The number of ether oxygens (including phenoxy) is 1. The first-order valence-corrected chi connectivity index (χ1v) is 11.9. The number of nitrogens with zero attached hydrogens (tertiary/aromatic N) is 3. The van der Waals surface area contributed by atoms with Gasteiger partial charge in [-0.2, -0.15) is 0 Å². The van der Waals surface area contributed by atoms with Gasteiger partial charge in [-0.25, -0.2) is 4.79 Å². The Labute approximate surface area is 191 Å². The van der Waals surface area contributed by atoms with Gasteiger partial charge >= 0.3 is 12.0 Å². The molecular weight excluding hydrogens is 406 g/mol. The van der Waals surface area contributed by atoms with Gasteiger partial charge in [0.15, 0.2) is 0 Å². The smallest absolute Gasteiger partial charge is 0.325 e. The molecule has 0 aromatic heterocycles. The van der Waals surface area contributed by atoms with E-state index < -0.39 is 5.60 Å². The van der Waals surface area contributed by atoms with Gasteiger partial charge < -0.3 is 19.6 Å². The Kier molecular flexibility index (Phi) is 6.25. The van der Waals surface area contributed by atoms with Crippen LogP contribution in [0.3, 0.4) is 0 Å². The maximum atomic E-state index is 13.4. The molecule has 1 heterocycles. The van der Waals surface area contributed by atoms with Crippen LogP contribution >= 0.6 is 0 Å². The highest BCUT2D eigenvalue weighted by atomic mass is 16.5. The predicted molar refractivity (Wildman–Crippen MR) is 122 cm³/mol. The van der Waals surface area contributed by atoms with E-state index in [9.17, 15) is 14.7 Å². The highest BCUT2D eigenvalue weighted by Crippen LogP contribution is 2.50. The van der Waals surface area contributed by atoms with Crippen LogP contribution in [-0.4, -0.2) is 83.3 Å². The quantitative estimate of drug-likeness (QED) is 0.656. The first-order valence-electron chi connectivity index (χ1n) is 11.9. The highest BCUT2D eigenvalue weighted by molar-refractivity contribution is 5.83. The number of carbonyl (C=O) groups is 2. The maximum absolute atomic E-state index is 13.4. The highest BCUT2D eigenvalue weighted by Gasteiger charge is 2.56. The molecule has 7 nitrogen and oxygen atoms in total. The lowest BCUT2D eigenvalue weighted by atomic mass is 9.67. The van der Waals surface area contributed by atoms with Gasteiger partial charge in [0.05, 0.1) is 24.3 Å². The number of aliphatic hydroxyl groups is 1. The molecule has 2 aliphatic carbocycles. The van der Waals surface area contributed by atoms with E-state index in [4.69, 9.17) is 4.74 Å². The van der Waals surface area contributed by atoms with Gasteiger partial charge in [0.2, 0.25) is 0 Å². The second kappa shape index (κ2) is 8.67. The van der Waals surface area contributed by atoms with Gasteiger partial charge in [-0.1, -0.05) is 30.3 Å². The fourth-order valence-electron chi connectivity index (χ4n) is 5.94. The average molecular weight is 444 g/mol. The Morgan fingerprint density at radius 2 is 1.75 bits per heavy atom. The summed E-state index contributed by atoms with van der Waals surface area (Å²) in [5.41, 5.74) is 0.0708. The molecule has 1 saturated heterocycles. The van der Waals surface area contributed by atoms with Crippen LogP contribution in [0.2, 0.25) is 0 Å². The molecule has 0 unspecified atom stereocenters. The van der Waals surface area contributed by atoms with Crippen LogP contribution in [0.15, 0.2) is 30.3 Å². The molecule has 32 heavy (non-hydrogen) atoms. The van der Waals surface area contributed by atoms with Crippen molar-refractivity contribution in [2.45, 2.75) is 68.5 Å². The van der Waals surface area contributed by atoms with Crippen molar-refractivity contribution < 1.29 is 19.4 Å². The van der Waals surface area contributed by atoms with E-state index in [0.717, 1.165) is 44.9 Å². The third-order valence-electron chi connectivity index (χ3n) is 8.10. The average Bonchev–Trinajstić information content (AvgIpc) is 2.99. The standard InChI is InChI=1S/C25H37N3O4/c1-4-32-21(29)17-27-18-23(28(22(27)30)19-24(31)11-8-12-24)13-15-25(16-14-23,26(2)3)20-9-6-5-7-10-20/h5-7,9-10,31H,4,8,11-19H2,1-3H3. The molecule has 1 N–H and O–H groups in total. The van der Waals surface area contributed by atoms with E-state index in [1.807, 2.05) is 11.0 Å². The lowest BCUT2D eigenvalue weighted by Gasteiger charge is -2.52. The van der Waals surface area contributed by atoms with Crippen LogP contribution in [0.25, 0.3) is 0 Å². The number of amides is 2. The fourth-order valence-corrected chi connectivity index (χ4v) is 5.94. The van der Waals surface area contributed by atoms with Gasteiger partial charge in [0.25, 0.3) is 0 Å². The van der Waals surface area contributed by atoms with Crippen molar-refractivity contribution in [2.75, 3.05) is 40.3 Å². The number of benzene rings is 1. The first-order chi connectivity index (χ1) is 15.2. The van der Waals surface area contributed by atoms with Crippen LogP contribution in [0.5, 0.6) is 0 Å². The third-order valence-corrected chi connectivity index (χ3v) is 8.10. The number of rotatable bonds is 7. The van der Waals surface area contributed by atoms with E-state index in [0.29, 0.717) is 19.7 Å². The van der Waals surface area contributed by atoms with Crippen molar-refractivity contribution in [3.05, 3.63) is 35.9 Å². The summed E-state index contributed by atoms with van der Waals surface area (Å²) in [7, 11) is 4.26. The van der Waals surface area contributed by atoms with E-state index in [-0.39, 0.29) is 29.6 Å². The van der Waals surface area contributed by atoms with Gasteiger partial charge in [0.1, 0.15) is 6.54 Å². The van der Waals surface area contributed by atoms with E-state index in [1.165, 1.54) is 5.56 Å². The minimum Gasteiger partial charge on any atom is -0.465 e. The second-order valence-electron chi connectivity index (χ2n) is 10.1. The van der Waals surface area contributed by atoms with Crippen molar-refractivity contribution >= 4 is 12.0 Å². The summed E-state index contributed by atoms with van der Waals surface area (Å²) in [6, 6.07) is 10.5. The molecule has 7 heteroatoms. The Balaban J connectivity index is 1.59. The minimum absolute atomic E-state index is 0.0269. The summed E-state index contributed by atoms with van der Waals surface area (Å²) in [6.07, 6.45) is 5.96. The number of hydrogen-bond acceptors (Lipinski definition) is 5. The number of hydrogen-bond donors (Lipinski definition) is 1. The SMILES string of the molecule is CCOC(=O)CN1CC2(CCC(c3ccccc3)(N(C)C)CC2)N(CC2(O)CCC2)C1=O. The van der Waals surface area contributed by atoms with Gasteiger partial charge in [-0.15, -0.1) is 0 Å². The molecule has 0 radical (unpaired) electrons. The number of esters is 1. The lowest BCUT2D eigenvalue weighted by molar-refractivity contribution is -0.143. The zero-order valence-corrected chi connectivity index (χ0v) is 19.7. The number of urea groups is 1. The molecule has 4 rings (SSSR count). The van der Waals surface area contributed by atoms with Crippen LogP contribution in [0.1, 0.15) is 57.4 Å². The van der Waals surface area contributed by atoms with Crippen LogP contribution < -0.4 is 0 Å². The molecule has 2 amide bonds. The Morgan fingerprint density at radius 1 is 1.09 bits per heavy atom. The first kappa shape index (κ1) is 23.1. The van der Waals surface area contributed by atoms with Gasteiger partial charge in [-0.05, 0) is 71.5 Å². The minimum atomic E-state index is -0.794. The van der Waals surface area contributed by atoms with Crippen LogP contribution in [-0.2, 0) is 15.1 Å². The van der Waals surface area contributed by atoms with Crippen molar-refractivity contribution in [2.24, 2.45) is 0 Å². The topological polar surface area (TPSA) is 73.3 Å². The molecule has 0 atom stereocenters. The summed E-state index contributed by atoms with van der Waals surface area (Å²) in [4.78, 5) is 31.4.